The van der Waals surface area contributed by atoms with Gasteiger partial charge in [-0.2, -0.15) is 4.39 Å². The first-order valence-electron chi connectivity index (χ1n) is 4.96. The zero-order valence-electron chi connectivity index (χ0n) is 10.3. The smallest absolute Gasteiger partial charge is 0.263 e. The predicted molar refractivity (Wildman–Crippen MR) is 59.3 cm³/mol. The van der Waals surface area contributed by atoms with E-state index in [4.69, 9.17) is 5.84 Å². The van der Waals surface area contributed by atoms with Crippen LogP contribution < -0.4 is 5.84 Å². The van der Waals surface area contributed by atoms with Crippen molar-refractivity contribution < 1.29 is 13.2 Å². The molecule has 0 aromatic carbocycles. The van der Waals surface area contributed by atoms with Crippen molar-refractivity contribution in [2.75, 3.05) is 7.05 Å². The monoisotopic (exact) mass is 236 g/mol. The number of hydrogen-bond donors (Lipinski definition) is 1. The first-order chi connectivity index (χ1) is 7.12. The summed E-state index contributed by atoms with van der Waals surface area (Å²) >= 11 is 0. The zero-order valence-corrected chi connectivity index (χ0v) is 10.3. The van der Waals surface area contributed by atoms with E-state index in [0.717, 1.165) is 0 Å². The number of hydrazine groups is 1. The Morgan fingerprint density at radius 3 is 1.94 bits per heavy atom. The van der Waals surface area contributed by atoms with Crippen molar-refractivity contribution >= 4 is 0 Å². The molecule has 94 valence electrons. The summed E-state index contributed by atoms with van der Waals surface area (Å²) in [4.78, 5) is 0. The summed E-state index contributed by atoms with van der Waals surface area (Å²) in [5, 5.41) is 0.715. The molecule has 0 aromatic rings. The second-order valence-corrected chi connectivity index (χ2v) is 4.57. The fourth-order valence-electron chi connectivity index (χ4n) is 1.42. The lowest BCUT2D eigenvalue weighted by molar-refractivity contribution is 0.184. The minimum absolute atomic E-state index is 0.0602. The summed E-state index contributed by atoms with van der Waals surface area (Å²) in [5.74, 6) is 4.42. The van der Waals surface area contributed by atoms with Gasteiger partial charge in [0.25, 0.3) is 6.43 Å². The van der Waals surface area contributed by atoms with Crippen LogP contribution in [0.5, 0.6) is 0 Å². The van der Waals surface area contributed by atoms with Gasteiger partial charge in [0.15, 0.2) is 0 Å². The van der Waals surface area contributed by atoms with Gasteiger partial charge in [-0.15, -0.1) is 0 Å². The SMILES string of the molecule is C/C=C(\C(=C(\F)N(C)N)C(C)(C)C)C(F)F. The van der Waals surface area contributed by atoms with Crippen molar-refractivity contribution in [2.24, 2.45) is 11.3 Å². The molecule has 0 amide bonds. The van der Waals surface area contributed by atoms with Crippen LogP contribution in [0.4, 0.5) is 13.2 Å². The predicted octanol–water partition coefficient (Wildman–Crippen LogP) is 3.23. The molecule has 0 aliphatic carbocycles. The molecule has 2 N–H and O–H groups in total. The number of rotatable bonds is 3. The van der Waals surface area contributed by atoms with Crippen molar-refractivity contribution in [2.45, 2.75) is 34.1 Å². The Labute approximate surface area is 94.6 Å². The highest BCUT2D eigenvalue weighted by Gasteiger charge is 2.30. The molecule has 16 heavy (non-hydrogen) atoms. The van der Waals surface area contributed by atoms with E-state index >= 15 is 0 Å². The molecule has 0 saturated heterocycles. The molecule has 0 aliphatic heterocycles. The minimum Gasteiger partial charge on any atom is -0.290 e. The zero-order chi connectivity index (χ0) is 13.1. The number of alkyl halides is 2. The molecular weight excluding hydrogens is 217 g/mol. The van der Waals surface area contributed by atoms with Crippen molar-refractivity contribution in [3.63, 3.8) is 0 Å². The topological polar surface area (TPSA) is 29.3 Å². The van der Waals surface area contributed by atoms with Gasteiger partial charge in [-0.05, 0) is 12.3 Å². The summed E-state index contributed by atoms with van der Waals surface area (Å²) in [7, 11) is 1.28. The molecular formula is C11H19F3N2. The molecule has 0 aliphatic rings. The van der Waals surface area contributed by atoms with Gasteiger partial charge in [0, 0.05) is 18.2 Å². The largest absolute Gasteiger partial charge is 0.290 e. The molecule has 5 heteroatoms. The number of allylic oxidation sites excluding steroid dienone is 3. The second kappa shape index (κ2) is 5.39. The standard InChI is InChI=1S/C11H19F3N2/c1-6-7(9(12)13)8(11(2,3)4)10(14)16(5)15/h6,9H,15H2,1-5H3/b7-6+,10-8+. The molecule has 0 radical (unpaired) electrons. The first-order valence-corrected chi connectivity index (χ1v) is 4.96. The Bertz CT molecular complexity index is 299. The number of nitrogens with zero attached hydrogens (tertiary/aromatic N) is 1. The highest BCUT2D eigenvalue weighted by Crippen LogP contribution is 2.37. The highest BCUT2D eigenvalue weighted by atomic mass is 19.3. The third-order valence-electron chi connectivity index (χ3n) is 2.10. The van der Waals surface area contributed by atoms with Crippen LogP contribution in [-0.2, 0) is 0 Å². The van der Waals surface area contributed by atoms with Crippen LogP contribution in [0, 0.1) is 5.41 Å². The van der Waals surface area contributed by atoms with Crippen molar-refractivity contribution in [1.82, 2.24) is 5.01 Å². The molecule has 0 aromatic heterocycles. The normalized spacial score (nSPS) is 15.2. The van der Waals surface area contributed by atoms with Gasteiger partial charge in [-0.25, -0.2) is 14.6 Å². The number of hydrogen-bond acceptors (Lipinski definition) is 2. The van der Waals surface area contributed by atoms with Crippen LogP contribution >= 0.6 is 0 Å². The Morgan fingerprint density at radius 2 is 1.75 bits per heavy atom. The molecule has 0 spiro atoms. The maximum absolute atomic E-state index is 13.8. The Balaban J connectivity index is 5.72. The third kappa shape index (κ3) is 3.56. The summed E-state index contributed by atoms with van der Waals surface area (Å²) in [5.41, 5.74) is -1.12. The molecule has 0 heterocycles. The fraction of sp³-hybridized carbons (Fsp3) is 0.636. The quantitative estimate of drug-likeness (QED) is 0.353. The lowest BCUT2D eigenvalue weighted by atomic mass is 9.82. The van der Waals surface area contributed by atoms with Crippen LogP contribution in [-0.4, -0.2) is 18.5 Å². The van der Waals surface area contributed by atoms with E-state index in [1.165, 1.54) is 20.0 Å². The number of nitrogens with two attached hydrogens (primary N) is 1. The van der Waals surface area contributed by atoms with Crippen molar-refractivity contribution in [3.8, 4) is 0 Å². The Hall–Kier alpha value is -0.970. The minimum atomic E-state index is -2.72. The maximum Gasteiger partial charge on any atom is 0.263 e. The third-order valence-corrected chi connectivity index (χ3v) is 2.10. The highest BCUT2D eigenvalue weighted by molar-refractivity contribution is 5.38. The lowest BCUT2D eigenvalue weighted by Crippen LogP contribution is -2.28. The Kier molecular flexibility index (Phi) is 5.06. The van der Waals surface area contributed by atoms with E-state index in [1.807, 2.05) is 0 Å². The van der Waals surface area contributed by atoms with Gasteiger partial charge in [0.05, 0.1) is 0 Å². The molecule has 0 fully saturated rings. The average Bonchev–Trinajstić information content (AvgIpc) is 2.09. The van der Waals surface area contributed by atoms with Crippen molar-refractivity contribution in [1.29, 1.82) is 0 Å². The molecule has 0 unspecified atom stereocenters. The number of halogens is 3. The van der Waals surface area contributed by atoms with Crippen molar-refractivity contribution in [3.05, 3.63) is 23.2 Å². The van der Waals surface area contributed by atoms with Gasteiger partial charge >= 0.3 is 0 Å². The molecule has 2 nitrogen and oxygen atoms in total. The molecule has 0 saturated carbocycles. The summed E-state index contributed by atoms with van der Waals surface area (Å²) in [6.07, 6.45) is -1.50. The molecule has 0 bridgehead atoms. The van der Waals surface area contributed by atoms with Gasteiger partial charge in [-0.1, -0.05) is 26.8 Å². The van der Waals surface area contributed by atoms with Crippen LogP contribution in [0.1, 0.15) is 27.7 Å². The van der Waals surface area contributed by atoms with E-state index in [9.17, 15) is 13.2 Å². The Morgan fingerprint density at radius 1 is 1.31 bits per heavy atom. The summed E-state index contributed by atoms with van der Waals surface area (Å²) < 4.78 is 39.3. The van der Waals surface area contributed by atoms with E-state index in [2.05, 4.69) is 0 Å². The van der Waals surface area contributed by atoms with Gasteiger partial charge in [0.1, 0.15) is 0 Å². The van der Waals surface area contributed by atoms with Gasteiger partial charge in [0.2, 0.25) is 5.95 Å². The average molecular weight is 236 g/mol. The van der Waals surface area contributed by atoms with E-state index in [-0.39, 0.29) is 11.1 Å². The van der Waals surface area contributed by atoms with Gasteiger partial charge in [-0.3, -0.25) is 5.01 Å². The fourth-order valence-corrected chi connectivity index (χ4v) is 1.42. The lowest BCUT2D eigenvalue weighted by Gasteiger charge is -2.27. The summed E-state index contributed by atoms with van der Waals surface area (Å²) in [6.45, 7) is 6.45. The van der Waals surface area contributed by atoms with E-state index < -0.39 is 17.8 Å². The van der Waals surface area contributed by atoms with Crippen LogP contribution in [0.15, 0.2) is 23.2 Å². The molecule has 0 atom stereocenters. The van der Waals surface area contributed by atoms with E-state index in [0.29, 0.717) is 5.01 Å². The van der Waals surface area contributed by atoms with Gasteiger partial charge < -0.3 is 0 Å². The molecule has 0 rings (SSSR count). The second-order valence-electron chi connectivity index (χ2n) is 4.57. The van der Waals surface area contributed by atoms with Crippen LogP contribution in [0.25, 0.3) is 0 Å². The van der Waals surface area contributed by atoms with Crippen LogP contribution in [0.3, 0.4) is 0 Å². The summed E-state index contributed by atoms with van der Waals surface area (Å²) in [6, 6.07) is 0. The van der Waals surface area contributed by atoms with Crippen LogP contribution in [0.2, 0.25) is 0 Å². The maximum atomic E-state index is 13.8. The first kappa shape index (κ1) is 15.0. The van der Waals surface area contributed by atoms with E-state index in [1.54, 1.807) is 20.8 Å².